The molecule has 1 aliphatic carbocycles. The third-order valence-corrected chi connectivity index (χ3v) is 6.40. The average molecular weight is 312 g/mol. The van der Waals surface area contributed by atoms with Crippen molar-refractivity contribution in [3.8, 4) is 0 Å². The van der Waals surface area contributed by atoms with Crippen molar-refractivity contribution in [2.24, 2.45) is 23.7 Å². The van der Waals surface area contributed by atoms with Gasteiger partial charge in [-0.25, -0.2) is 14.6 Å². The van der Waals surface area contributed by atoms with Crippen molar-refractivity contribution in [1.82, 2.24) is 0 Å². The first-order valence-corrected chi connectivity index (χ1v) is 8.30. The van der Waals surface area contributed by atoms with Gasteiger partial charge in [0.2, 0.25) is 5.79 Å². The summed E-state index contributed by atoms with van der Waals surface area (Å²) in [6.07, 6.45) is 2.19. The van der Waals surface area contributed by atoms with E-state index in [1.165, 1.54) is 0 Å². The zero-order valence-electron chi connectivity index (χ0n) is 13.3. The van der Waals surface area contributed by atoms with Crippen LogP contribution in [0.4, 0.5) is 0 Å². The smallest absolute Gasteiger partial charge is 0.333 e. The van der Waals surface area contributed by atoms with Gasteiger partial charge in [-0.2, -0.15) is 0 Å². The molecule has 4 heterocycles. The van der Waals surface area contributed by atoms with Crippen LogP contribution in [0.3, 0.4) is 0 Å². The van der Waals surface area contributed by atoms with Gasteiger partial charge in [-0.05, 0) is 43.9 Å². The van der Waals surface area contributed by atoms with E-state index in [2.05, 4.69) is 6.92 Å². The van der Waals surface area contributed by atoms with E-state index < -0.39 is 29.8 Å². The van der Waals surface area contributed by atoms with Gasteiger partial charge in [-0.1, -0.05) is 13.8 Å². The molecule has 5 rings (SSSR count). The lowest BCUT2D eigenvalue weighted by Crippen LogP contribution is -2.71. The molecule has 8 atom stereocenters. The van der Waals surface area contributed by atoms with Crippen LogP contribution >= 0.6 is 0 Å². The van der Waals surface area contributed by atoms with Crippen LogP contribution in [0.1, 0.15) is 46.5 Å². The van der Waals surface area contributed by atoms with Crippen molar-refractivity contribution in [1.29, 1.82) is 0 Å². The van der Waals surface area contributed by atoms with Gasteiger partial charge < -0.3 is 14.6 Å². The topological polar surface area (TPSA) is 74.2 Å². The summed E-state index contributed by atoms with van der Waals surface area (Å²) >= 11 is 0. The fraction of sp³-hybridized carbons (Fsp3) is 0.938. The minimum atomic E-state index is -0.924. The van der Waals surface area contributed by atoms with Gasteiger partial charge in [0.05, 0.1) is 0 Å². The van der Waals surface area contributed by atoms with Crippen LogP contribution in [0.5, 0.6) is 0 Å². The van der Waals surface area contributed by atoms with Gasteiger partial charge >= 0.3 is 5.97 Å². The summed E-state index contributed by atoms with van der Waals surface area (Å²) < 4.78 is 12.0. The van der Waals surface area contributed by atoms with E-state index in [0.29, 0.717) is 5.92 Å². The van der Waals surface area contributed by atoms with Crippen molar-refractivity contribution < 1.29 is 29.1 Å². The Bertz CT molecular complexity index is 495. The second-order valence-electron chi connectivity index (χ2n) is 7.66. The lowest BCUT2D eigenvalue weighted by atomic mass is 9.57. The highest BCUT2D eigenvalue weighted by Crippen LogP contribution is 2.60. The van der Waals surface area contributed by atoms with Gasteiger partial charge in [-0.3, -0.25) is 0 Å². The number of carboxylic acid groups (broad SMARTS) is 1. The van der Waals surface area contributed by atoms with E-state index in [1.54, 1.807) is 0 Å². The molecular formula is C16H24O6. The van der Waals surface area contributed by atoms with E-state index in [4.69, 9.17) is 19.2 Å². The number of carboxylic acids is 1. The maximum atomic E-state index is 11.6. The van der Waals surface area contributed by atoms with E-state index in [9.17, 15) is 9.90 Å². The Labute approximate surface area is 130 Å². The Kier molecular flexibility index (Phi) is 3.15. The molecule has 124 valence electrons. The minimum Gasteiger partial charge on any atom is -0.479 e. The van der Waals surface area contributed by atoms with Crippen molar-refractivity contribution in [2.75, 3.05) is 0 Å². The predicted octanol–water partition coefficient (Wildman–Crippen LogP) is 2.32. The van der Waals surface area contributed by atoms with Gasteiger partial charge in [-0.15, -0.1) is 0 Å². The van der Waals surface area contributed by atoms with Crippen LogP contribution < -0.4 is 0 Å². The summed E-state index contributed by atoms with van der Waals surface area (Å²) in [6.45, 7) is 6.03. The van der Waals surface area contributed by atoms with Crippen molar-refractivity contribution in [3.05, 3.63) is 0 Å². The van der Waals surface area contributed by atoms with Crippen LogP contribution in [0.2, 0.25) is 0 Å². The molecule has 2 bridgehead atoms. The second kappa shape index (κ2) is 4.66. The monoisotopic (exact) mass is 312 g/mol. The average Bonchev–Trinajstić information content (AvgIpc) is 2.69. The van der Waals surface area contributed by atoms with Crippen LogP contribution in [0, 0.1) is 23.7 Å². The molecule has 5 fully saturated rings. The van der Waals surface area contributed by atoms with E-state index in [1.807, 2.05) is 13.8 Å². The Balaban J connectivity index is 1.80. The molecule has 5 aliphatic rings. The molecule has 1 spiro atoms. The highest BCUT2D eigenvalue weighted by atomic mass is 17.3. The first-order valence-electron chi connectivity index (χ1n) is 8.30. The summed E-state index contributed by atoms with van der Waals surface area (Å²) in [5, 5.41) is 9.50. The number of fused-ring (bicyclic) bond motifs is 2. The quantitative estimate of drug-likeness (QED) is 0.749. The molecule has 0 radical (unpaired) electrons. The second-order valence-corrected chi connectivity index (χ2v) is 7.66. The molecule has 6 nitrogen and oxygen atoms in total. The largest absolute Gasteiger partial charge is 0.479 e. The number of carbonyl (C=O) groups is 1. The van der Waals surface area contributed by atoms with Crippen LogP contribution in [0.25, 0.3) is 0 Å². The lowest BCUT2D eigenvalue weighted by molar-refractivity contribution is -0.569. The molecular weight excluding hydrogens is 288 g/mol. The molecule has 6 heteroatoms. The van der Waals surface area contributed by atoms with Gasteiger partial charge in [0, 0.05) is 12.3 Å². The zero-order valence-corrected chi connectivity index (χ0v) is 13.3. The molecule has 4 aliphatic heterocycles. The SMILES string of the molecule is C[C@H]1[C@@H](C(=O)O)O[C@@H]2O[C@@]3(C)CC[C@H]4[C@H](C)CC[C@@H]1[C@@]24OO3. The van der Waals surface area contributed by atoms with E-state index >= 15 is 0 Å². The Morgan fingerprint density at radius 2 is 1.91 bits per heavy atom. The maximum absolute atomic E-state index is 11.6. The minimum absolute atomic E-state index is 0.0798. The molecule has 0 amide bonds. The lowest BCUT2D eigenvalue weighted by Gasteiger charge is -2.59. The summed E-state index contributed by atoms with van der Waals surface area (Å²) in [4.78, 5) is 23.2. The molecule has 4 saturated heterocycles. The van der Waals surface area contributed by atoms with Gasteiger partial charge in [0.1, 0.15) is 0 Å². The standard InChI is InChI=1S/C16H24O6/c1-8-4-5-11-9(2)12(13(17)18)19-14-16(11)10(8)6-7-15(3,20-14)21-22-16/h8-12,14H,4-7H2,1-3H3,(H,17,18)/t8-,9-,10+,11+,12+,14-,15-,16-/m1/s1. The van der Waals surface area contributed by atoms with Gasteiger partial charge in [0.25, 0.3) is 0 Å². The third kappa shape index (κ3) is 1.78. The van der Waals surface area contributed by atoms with Crippen LogP contribution in [-0.4, -0.2) is 34.9 Å². The van der Waals surface area contributed by atoms with Crippen LogP contribution in [0.15, 0.2) is 0 Å². The number of hydrogen-bond acceptors (Lipinski definition) is 5. The third-order valence-electron chi connectivity index (χ3n) is 6.40. The highest BCUT2D eigenvalue weighted by molar-refractivity contribution is 5.73. The summed E-state index contributed by atoms with van der Waals surface area (Å²) in [5.41, 5.74) is -0.668. The molecule has 0 aromatic heterocycles. The van der Waals surface area contributed by atoms with Crippen molar-refractivity contribution >= 4 is 5.97 Å². The number of aliphatic carboxylic acids is 1. The van der Waals surface area contributed by atoms with Crippen molar-refractivity contribution in [2.45, 2.75) is 70.2 Å². The first kappa shape index (κ1) is 14.9. The first-order chi connectivity index (χ1) is 10.4. The zero-order chi connectivity index (χ0) is 15.7. The Morgan fingerprint density at radius 3 is 2.64 bits per heavy atom. The molecule has 1 N–H and O–H groups in total. The summed E-state index contributed by atoms with van der Waals surface area (Å²) in [6, 6.07) is 0. The Hall–Kier alpha value is -0.690. The van der Waals surface area contributed by atoms with Crippen LogP contribution in [-0.2, 0) is 24.0 Å². The van der Waals surface area contributed by atoms with Gasteiger partial charge in [0.15, 0.2) is 18.0 Å². The van der Waals surface area contributed by atoms with E-state index in [0.717, 1.165) is 25.7 Å². The van der Waals surface area contributed by atoms with Crippen molar-refractivity contribution in [3.63, 3.8) is 0 Å². The summed E-state index contributed by atoms with van der Waals surface area (Å²) in [5.74, 6) is -1.05. The molecule has 0 unspecified atom stereocenters. The fourth-order valence-corrected chi connectivity index (χ4v) is 5.19. The molecule has 22 heavy (non-hydrogen) atoms. The number of ether oxygens (including phenoxy) is 2. The predicted molar refractivity (Wildman–Crippen MR) is 74.5 cm³/mol. The Morgan fingerprint density at radius 1 is 1.14 bits per heavy atom. The summed E-state index contributed by atoms with van der Waals surface area (Å²) in [7, 11) is 0. The molecule has 0 aromatic carbocycles. The number of rotatable bonds is 1. The molecule has 0 aromatic rings. The fourth-order valence-electron chi connectivity index (χ4n) is 5.19. The number of hydrogen-bond donors (Lipinski definition) is 1. The normalized spacial score (nSPS) is 57.0. The highest BCUT2D eigenvalue weighted by Gasteiger charge is 2.69. The molecule has 1 saturated carbocycles. The maximum Gasteiger partial charge on any atom is 0.333 e. The van der Waals surface area contributed by atoms with E-state index in [-0.39, 0.29) is 17.8 Å².